The number of hydrogen-bond donors (Lipinski definition) is 5. The van der Waals surface area contributed by atoms with Gasteiger partial charge >= 0.3 is 0 Å². The van der Waals surface area contributed by atoms with Gasteiger partial charge in [-0.2, -0.15) is 0 Å². The van der Waals surface area contributed by atoms with E-state index in [2.05, 4.69) is 74.3 Å². The average Bonchev–Trinajstić information content (AvgIpc) is 0.770. The number of methoxy groups -OCH3 is 2. The standard InChI is InChI=1S/C18H14F2NO.C18H14F2N.C18H15FN.C17H13FN.C16H10F2NO.5C5H8O2.5Ir/c1-10-4-11(2)6-13(5-10)18-17(22-3)8-12-7-14(19)15(20)9-16(12)21-18;1-10-4-11(2)6-14(5-10)18-12(3)7-13-8-15(19)16(20)9-17(13)21-18;1-11-6-12(2)8-15(7-11)17-5-4-14-10-16(19)13(3)9-18(14)20-17;1-11-4-3-5-13(8-11)16-7-6-14-10-15(18)12(2)9-17(14)19-16;1-20-12-4-2-3-10(7-12)15-6-5-11-8-13(17)14(18)9-16(11)19-15;5*1-4(6)3-5(2)7;;;;;/h4-5,7-9H,1-3H3;4-5,7-9H,1-3H3;4-7,9-10H,1-3H3;3-4,6-10H,1-2H3;2,4-9H,1H3;5*3,6H,1-2H3;;;;;/q5*-1;;;;;;;;;;. The van der Waals surface area contributed by atoms with Crippen LogP contribution >= 0.6 is 0 Å². The van der Waals surface area contributed by atoms with Crippen molar-refractivity contribution in [2.45, 2.75) is 138 Å². The maximum atomic E-state index is 13.5. The second-order valence-corrected chi connectivity index (χ2v) is 31.9. The number of ether oxygens (including phenoxy) is 2. The monoisotopic (exact) mass is 2830 g/mol. The summed E-state index contributed by atoms with van der Waals surface area (Å²) in [6.07, 6.45) is 5.83. The van der Waals surface area contributed by atoms with Gasteiger partial charge in [-0.1, -0.05) is 96.5 Å². The Hall–Kier alpha value is -12.4. The molecule has 17 nitrogen and oxygen atoms in total. The Morgan fingerprint density at radius 3 is 0.887 bits per heavy atom. The molecule has 15 aromatic rings. The molecule has 0 aliphatic heterocycles. The van der Waals surface area contributed by atoms with E-state index in [1.165, 1.54) is 136 Å². The number of fused-ring (bicyclic) bond motifs is 5. The van der Waals surface area contributed by atoms with Crippen molar-refractivity contribution in [3.63, 3.8) is 0 Å². The van der Waals surface area contributed by atoms with Crippen molar-refractivity contribution in [3.8, 4) is 67.8 Å². The van der Waals surface area contributed by atoms with E-state index in [0.29, 0.717) is 66.7 Å². The van der Waals surface area contributed by atoms with Gasteiger partial charge in [0.1, 0.15) is 17.4 Å². The number of aryl methyl sites for hydroxylation is 10. The van der Waals surface area contributed by atoms with E-state index in [0.717, 1.165) is 130 Å². The van der Waals surface area contributed by atoms with Crippen LogP contribution in [0.5, 0.6) is 11.5 Å². The number of aromatic nitrogens is 5. The summed E-state index contributed by atoms with van der Waals surface area (Å²) in [4.78, 5) is 72.6. The van der Waals surface area contributed by atoms with Crippen LogP contribution in [0.25, 0.3) is 111 Å². The summed E-state index contributed by atoms with van der Waals surface area (Å²) in [6.45, 7) is 33.7. The number of hydrogen-bond acceptors (Lipinski definition) is 17. The first-order valence-electron chi connectivity index (χ1n) is 42.3. The van der Waals surface area contributed by atoms with Gasteiger partial charge in [0.25, 0.3) is 0 Å². The second kappa shape index (κ2) is 61.4. The van der Waals surface area contributed by atoms with Gasteiger partial charge in [0.15, 0.2) is 63.8 Å². The number of benzene rings is 10. The number of aliphatic hydroxyl groups is 5. The summed E-state index contributed by atoms with van der Waals surface area (Å²) in [5.41, 5.74) is 20.6. The second-order valence-electron chi connectivity index (χ2n) is 31.9. The maximum Gasteiger partial charge on any atom is 0.160 e. The number of carbonyl (C=O) groups excluding carboxylic acids is 5. The largest absolute Gasteiger partial charge is 0.516 e. The predicted molar refractivity (Wildman–Crippen MR) is 526 cm³/mol. The van der Waals surface area contributed by atoms with E-state index in [4.69, 9.17) is 35.0 Å². The van der Waals surface area contributed by atoms with E-state index < -0.39 is 34.9 Å². The third-order valence-electron chi connectivity index (χ3n) is 18.6. The fourth-order valence-corrected chi connectivity index (χ4v) is 13.1. The van der Waals surface area contributed by atoms with Crippen LogP contribution in [0.15, 0.2) is 241 Å². The summed E-state index contributed by atoms with van der Waals surface area (Å²) >= 11 is 0. The minimum atomic E-state index is -0.916. The zero-order chi connectivity index (χ0) is 102. The number of ketones is 5. The minimum Gasteiger partial charge on any atom is -0.516 e. The smallest absolute Gasteiger partial charge is 0.160 e. The molecular formula is C112H106F8Ir5N5O12-5. The van der Waals surface area contributed by atoms with Crippen LogP contribution in [0.2, 0.25) is 0 Å². The SMILES string of the molecule is CC(=O)C=C(C)O.CC(=O)C=C(C)O.CC(=O)C=C(C)O.CC(=O)C=C(C)O.CC(=O)C=C(C)O.COc1cc2cc(F)c(F)cc2nc1-c1[c-]c(C)cc(C)c1.COc1cc[c-]c(-c2ccc3cc(F)c(F)cc3n2)c1.Cc1[c-]c(-c2ccc3cc(F)c(C)cc3n2)cc(C)c1.Cc1[c-]c(-c2nc3cc(F)c(F)cc3cc2C)cc(C)c1.Cc1cc[c-]c(-c2ccc3cc(F)c(C)cc3n2)c1.[Ir].[Ir].[Ir].[Ir].[Ir]. The molecule has 757 valence electrons. The minimum absolute atomic E-state index is 0. The first-order chi connectivity index (χ1) is 64.4. The van der Waals surface area contributed by atoms with Gasteiger partial charge in [0, 0.05) is 187 Å². The van der Waals surface area contributed by atoms with E-state index in [9.17, 15) is 59.1 Å². The molecule has 0 spiro atoms. The molecule has 30 heteroatoms. The van der Waals surface area contributed by atoms with Crippen molar-refractivity contribution in [1.82, 2.24) is 24.9 Å². The summed E-state index contributed by atoms with van der Waals surface area (Å²) in [7, 11) is 3.10. The Balaban J connectivity index is 0.000000812. The van der Waals surface area contributed by atoms with Gasteiger partial charge in [-0.25, -0.2) is 35.1 Å². The van der Waals surface area contributed by atoms with Crippen LogP contribution in [0.3, 0.4) is 0 Å². The zero-order valence-electron chi connectivity index (χ0n) is 81.7. The number of allylic oxidation sites excluding steroid dienone is 10. The Kier molecular flexibility index (Phi) is 55.2. The van der Waals surface area contributed by atoms with Crippen LogP contribution < -0.4 is 9.47 Å². The molecule has 0 saturated heterocycles. The first kappa shape index (κ1) is 128. The summed E-state index contributed by atoms with van der Waals surface area (Å²) in [5, 5.41) is 45.1. The van der Waals surface area contributed by atoms with Crippen molar-refractivity contribution in [2.24, 2.45) is 0 Å². The Morgan fingerprint density at radius 1 is 0.275 bits per heavy atom. The molecule has 15 rings (SSSR count). The molecule has 0 bridgehead atoms. The fraction of sp³-hybridized carbons (Fsp3) is 0.196. The number of rotatable bonds is 12. The van der Waals surface area contributed by atoms with Gasteiger partial charge in [0.2, 0.25) is 0 Å². The van der Waals surface area contributed by atoms with Gasteiger partial charge in [0.05, 0.1) is 70.6 Å². The van der Waals surface area contributed by atoms with Crippen molar-refractivity contribution in [3.05, 3.63) is 374 Å². The molecule has 5 aromatic heterocycles. The van der Waals surface area contributed by atoms with Crippen LogP contribution in [0.4, 0.5) is 35.1 Å². The van der Waals surface area contributed by atoms with E-state index >= 15 is 0 Å². The Bertz CT molecular complexity index is 6900. The van der Waals surface area contributed by atoms with Gasteiger partial charge in [-0.15, -0.1) is 170 Å². The molecule has 5 N–H and O–H groups in total. The Labute approximate surface area is 889 Å². The fourth-order valence-electron chi connectivity index (χ4n) is 13.1. The molecular weight excluding hydrogens is 2720 g/mol. The molecule has 0 unspecified atom stereocenters. The first-order valence-corrected chi connectivity index (χ1v) is 42.3. The third kappa shape index (κ3) is 42.8. The number of halogens is 8. The van der Waals surface area contributed by atoms with E-state index in [1.807, 2.05) is 121 Å². The van der Waals surface area contributed by atoms with Crippen LogP contribution in [0.1, 0.15) is 125 Å². The van der Waals surface area contributed by atoms with Crippen LogP contribution in [-0.2, 0) is 124 Å². The topological polar surface area (TPSA) is 269 Å². The van der Waals surface area contributed by atoms with Crippen molar-refractivity contribution < 1.29 is 195 Å². The van der Waals surface area contributed by atoms with Gasteiger partial charge in [-0.3, -0.25) is 48.9 Å². The molecule has 0 atom stereocenters. The summed E-state index contributed by atoms with van der Waals surface area (Å²) in [5.74, 6) is -4.84. The van der Waals surface area contributed by atoms with Crippen molar-refractivity contribution >= 4 is 83.4 Å². The number of aliphatic hydroxyl groups excluding tert-OH is 5. The average molecular weight is 2830 g/mol. The molecule has 0 amide bonds. The maximum absolute atomic E-state index is 13.5. The van der Waals surface area contributed by atoms with Crippen LogP contribution in [-0.4, -0.2) is 93.6 Å². The normalized spacial score (nSPS) is 10.7. The molecule has 5 radical (unpaired) electrons. The molecule has 142 heavy (non-hydrogen) atoms. The molecule has 0 aliphatic carbocycles. The van der Waals surface area contributed by atoms with Gasteiger partial charge in [-0.05, 0) is 172 Å². The molecule has 10 aromatic carbocycles. The summed E-state index contributed by atoms with van der Waals surface area (Å²) < 4.78 is 117. The van der Waals surface area contributed by atoms with Gasteiger partial charge < -0.3 is 35.0 Å². The van der Waals surface area contributed by atoms with E-state index in [1.54, 1.807) is 69.5 Å². The van der Waals surface area contributed by atoms with Crippen molar-refractivity contribution in [2.75, 3.05) is 14.2 Å². The summed E-state index contributed by atoms with van der Waals surface area (Å²) in [6, 6.07) is 67.3. The zero-order valence-corrected chi connectivity index (χ0v) is 93.7. The molecule has 0 saturated carbocycles. The quantitative estimate of drug-likeness (QED) is 0.0329. The number of pyridine rings is 5. The number of nitrogens with zero attached hydrogens (tertiary/aromatic N) is 5. The Morgan fingerprint density at radius 2 is 0.556 bits per heavy atom. The number of carbonyl (C=O) groups is 5. The van der Waals surface area contributed by atoms with Crippen LogP contribution in [0, 0.1) is 146 Å². The predicted octanol–water partition coefficient (Wildman–Crippen LogP) is 27.9. The third-order valence-corrected chi connectivity index (χ3v) is 18.6. The van der Waals surface area contributed by atoms with E-state index in [-0.39, 0.29) is 170 Å². The molecule has 0 aliphatic rings. The van der Waals surface area contributed by atoms with Crippen molar-refractivity contribution in [1.29, 1.82) is 0 Å². The molecule has 5 heterocycles. The molecule has 0 fully saturated rings.